The van der Waals surface area contributed by atoms with E-state index in [1.807, 2.05) is 19.1 Å². The molecule has 2 N–H and O–H groups in total. The van der Waals surface area contributed by atoms with Crippen LogP contribution in [0.5, 0.6) is 0 Å². The van der Waals surface area contributed by atoms with Crippen molar-refractivity contribution in [2.45, 2.75) is 39.2 Å². The number of hydrogen-bond donors (Lipinski definition) is 2. The van der Waals surface area contributed by atoms with Gasteiger partial charge in [-0.1, -0.05) is 45.0 Å². The highest BCUT2D eigenvalue weighted by molar-refractivity contribution is 6.03. The van der Waals surface area contributed by atoms with E-state index < -0.39 is 11.9 Å². The van der Waals surface area contributed by atoms with Gasteiger partial charge in [0.15, 0.2) is 5.69 Å². The van der Waals surface area contributed by atoms with Crippen molar-refractivity contribution in [2.24, 2.45) is 7.05 Å². The van der Waals surface area contributed by atoms with Crippen LogP contribution in [0.4, 0.5) is 0 Å². The van der Waals surface area contributed by atoms with Crippen LogP contribution >= 0.6 is 0 Å². The zero-order chi connectivity index (χ0) is 17.9. The Labute approximate surface area is 141 Å². The van der Waals surface area contributed by atoms with Crippen LogP contribution in [0.1, 0.15) is 71.1 Å². The van der Waals surface area contributed by atoms with Crippen molar-refractivity contribution >= 4 is 11.9 Å². The molecule has 0 radical (unpaired) electrons. The lowest BCUT2D eigenvalue weighted by Gasteiger charge is -2.18. The number of aryl methyl sites for hydroxylation is 1. The summed E-state index contributed by atoms with van der Waals surface area (Å²) < 4.78 is 1.33. The van der Waals surface area contributed by atoms with Crippen LogP contribution in [0.2, 0.25) is 0 Å². The van der Waals surface area contributed by atoms with E-state index in [1.165, 1.54) is 16.4 Å². The highest BCUT2D eigenvalue weighted by atomic mass is 16.4. The normalized spacial score (nSPS) is 12.2. The number of nitrogens with one attached hydrogen (secondary N) is 1. The molecule has 6 nitrogen and oxygen atoms in total. The number of carbonyl (C=O) groups is 2. The molecule has 2 aromatic rings. The van der Waals surface area contributed by atoms with Crippen LogP contribution in [-0.2, 0) is 7.05 Å². The van der Waals surface area contributed by atoms with E-state index in [4.69, 9.17) is 0 Å². The lowest BCUT2D eigenvalue weighted by molar-refractivity contribution is 0.0690. The average Bonchev–Trinajstić information content (AvgIpc) is 2.95. The van der Waals surface area contributed by atoms with E-state index in [0.717, 1.165) is 5.56 Å². The number of carbonyl (C=O) groups excluding carboxylic acids is 1. The Morgan fingerprint density at radius 3 is 2.29 bits per heavy atom. The molecule has 1 amide bonds. The number of amides is 1. The maximum Gasteiger partial charge on any atom is 0.339 e. The zero-order valence-corrected chi connectivity index (χ0v) is 14.4. The summed E-state index contributed by atoms with van der Waals surface area (Å²) in [5, 5.41) is 16.0. The summed E-state index contributed by atoms with van der Waals surface area (Å²) in [7, 11) is 1.59. The van der Waals surface area contributed by atoms with Gasteiger partial charge in [0, 0.05) is 13.2 Å². The third kappa shape index (κ3) is 3.82. The van der Waals surface area contributed by atoms with Crippen LogP contribution in [-0.4, -0.2) is 26.8 Å². The number of aromatic nitrogens is 2. The minimum atomic E-state index is -1.16. The monoisotopic (exact) mass is 329 g/mol. The first-order valence-corrected chi connectivity index (χ1v) is 8.01. The van der Waals surface area contributed by atoms with Gasteiger partial charge in [-0.15, -0.1) is 0 Å². The van der Waals surface area contributed by atoms with Gasteiger partial charge in [0.2, 0.25) is 0 Å². The number of rotatable bonds is 6. The first-order chi connectivity index (χ1) is 11.3. The Kier molecular flexibility index (Phi) is 5.39. The SMILES string of the molecule is CCC(NC(=O)c1nn(C)cc1C(=O)O)c1ccc(C(C)C)cc1. The van der Waals surface area contributed by atoms with Crippen molar-refractivity contribution in [3.05, 3.63) is 52.8 Å². The average molecular weight is 329 g/mol. The number of carboxylic acid groups (broad SMARTS) is 1. The van der Waals surface area contributed by atoms with E-state index in [9.17, 15) is 14.7 Å². The fourth-order valence-corrected chi connectivity index (χ4v) is 2.57. The first kappa shape index (κ1) is 17.7. The smallest absolute Gasteiger partial charge is 0.339 e. The summed E-state index contributed by atoms with van der Waals surface area (Å²) >= 11 is 0. The van der Waals surface area contributed by atoms with E-state index in [0.29, 0.717) is 12.3 Å². The van der Waals surface area contributed by atoms with Gasteiger partial charge in [-0.25, -0.2) is 4.79 Å². The first-order valence-electron chi connectivity index (χ1n) is 8.01. The van der Waals surface area contributed by atoms with Crippen molar-refractivity contribution < 1.29 is 14.7 Å². The molecular formula is C18H23N3O3. The van der Waals surface area contributed by atoms with Gasteiger partial charge in [0.05, 0.1) is 6.04 Å². The van der Waals surface area contributed by atoms with E-state index in [2.05, 4.69) is 36.4 Å². The maximum atomic E-state index is 12.5. The van der Waals surface area contributed by atoms with Gasteiger partial charge in [0.1, 0.15) is 5.56 Å². The third-order valence-electron chi connectivity index (χ3n) is 3.99. The number of nitrogens with zero attached hydrogens (tertiary/aromatic N) is 2. The van der Waals surface area contributed by atoms with Crippen molar-refractivity contribution in [3.63, 3.8) is 0 Å². The number of aromatic carboxylic acids is 1. The van der Waals surface area contributed by atoms with Crippen LogP contribution in [0, 0.1) is 0 Å². The minimum absolute atomic E-state index is 0.0674. The Hall–Kier alpha value is -2.63. The predicted molar refractivity (Wildman–Crippen MR) is 91.2 cm³/mol. The predicted octanol–water partition coefficient (Wildman–Crippen LogP) is 3.12. The molecule has 0 spiro atoms. The second-order valence-electron chi connectivity index (χ2n) is 6.13. The quantitative estimate of drug-likeness (QED) is 0.853. The van der Waals surface area contributed by atoms with E-state index >= 15 is 0 Å². The van der Waals surface area contributed by atoms with E-state index in [-0.39, 0.29) is 17.3 Å². The Morgan fingerprint density at radius 2 is 1.79 bits per heavy atom. The van der Waals surface area contributed by atoms with Gasteiger partial charge in [-0.05, 0) is 23.5 Å². The number of carboxylic acids is 1. The van der Waals surface area contributed by atoms with Gasteiger partial charge >= 0.3 is 5.97 Å². The summed E-state index contributed by atoms with van der Waals surface area (Å²) in [5.74, 6) is -1.20. The van der Waals surface area contributed by atoms with Crippen molar-refractivity contribution in [2.75, 3.05) is 0 Å². The molecule has 0 fully saturated rings. The van der Waals surface area contributed by atoms with Crippen LogP contribution in [0.25, 0.3) is 0 Å². The molecule has 1 heterocycles. The third-order valence-corrected chi connectivity index (χ3v) is 3.99. The summed E-state index contributed by atoms with van der Waals surface area (Å²) in [6.07, 6.45) is 2.03. The standard InChI is InChI=1S/C18H23N3O3/c1-5-15(13-8-6-12(7-9-13)11(2)3)19-17(22)16-14(18(23)24)10-21(4)20-16/h6-11,15H,5H2,1-4H3,(H,19,22)(H,23,24). The molecule has 6 heteroatoms. The minimum Gasteiger partial charge on any atom is -0.478 e. The molecule has 0 aliphatic heterocycles. The van der Waals surface area contributed by atoms with Gasteiger partial charge in [0.25, 0.3) is 5.91 Å². The number of hydrogen-bond acceptors (Lipinski definition) is 3. The van der Waals surface area contributed by atoms with Crippen LogP contribution < -0.4 is 5.32 Å². The highest BCUT2D eigenvalue weighted by Gasteiger charge is 2.23. The molecule has 1 atom stereocenters. The summed E-state index contributed by atoms with van der Waals surface area (Å²) in [4.78, 5) is 23.7. The van der Waals surface area contributed by atoms with Gasteiger partial charge in [-0.3, -0.25) is 9.48 Å². The second kappa shape index (κ2) is 7.29. The molecular weight excluding hydrogens is 306 g/mol. The second-order valence-corrected chi connectivity index (χ2v) is 6.13. The summed E-state index contributed by atoms with van der Waals surface area (Å²) in [5.41, 5.74) is 2.06. The summed E-state index contributed by atoms with van der Waals surface area (Å²) in [6.45, 7) is 6.23. The number of benzene rings is 1. The molecule has 2 rings (SSSR count). The largest absolute Gasteiger partial charge is 0.478 e. The van der Waals surface area contributed by atoms with Crippen molar-refractivity contribution in [1.82, 2.24) is 15.1 Å². The molecule has 1 unspecified atom stereocenters. The fourth-order valence-electron chi connectivity index (χ4n) is 2.57. The zero-order valence-electron chi connectivity index (χ0n) is 14.4. The van der Waals surface area contributed by atoms with Gasteiger partial charge < -0.3 is 10.4 Å². The highest BCUT2D eigenvalue weighted by Crippen LogP contribution is 2.21. The molecule has 24 heavy (non-hydrogen) atoms. The molecule has 0 saturated carbocycles. The molecule has 128 valence electrons. The Bertz CT molecular complexity index is 732. The molecule has 0 aliphatic carbocycles. The Morgan fingerprint density at radius 1 is 1.21 bits per heavy atom. The lowest BCUT2D eigenvalue weighted by atomic mass is 9.98. The Balaban J connectivity index is 2.21. The van der Waals surface area contributed by atoms with Crippen molar-refractivity contribution in [3.8, 4) is 0 Å². The molecule has 1 aromatic heterocycles. The molecule has 0 aliphatic rings. The lowest BCUT2D eigenvalue weighted by Crippen LogP contribution is -2.29. The maximum absolute atomic E-state index is 12.5. The summed E-state index contributed by atoms with van der Waals surface area (Å²) in [6, 6.07) is 7.92. The molecule has 0 saturated heterocycles. The molecule has 0 bridgehead atoms. The van der Waals surface area contributed by atoms with Crippen LogP contribution in [0.3, 0.4) is 0 Å². The topological polar surface area (TPSA) is 84.2 Å². The van der Waals surface area contributed by atoms with Crippen LogP contribution in [0.15, 0.2) is 30.5 Å². The van der Waals surface area contributed by atoms with Crippen molar-refractivity contribution in [1.29, 1.82) is 0 Å². The van der Waals surface area contributed by atoms with E-state index in [1.54, 1.807) is 7.05 Å². The van der Waals surface area contributed by atoms with Gasteiger partial charge in [-0.2, -0.15) is 5.10 Å². The molecule has 1 aromatic carbocycles. The fraction of sp³-hybridized carbons (Fsp3) is 0.389.